The highest BCUT2D eigenvalue weighted by atomic mass is 32.2. The van der Waals surface area contributed by atoms with Crippen LogP contribution >= 0.6 is 11.8 Å². The zero-order chi connectivity index (χ0) is 26.2. The van der Waals surface area contributed by atoms with Gasteiger partial charge in [0.15, 0.2) is 0 Å². The number of nitrogens with zero attached hydrogens (tertiary/aromatic N) is 5. The van der Waals surface area contributed by atoms with Crippen LogP contribution < -0.4 is 10.1 Å². The Hall–Kier alpha value is -3.44. The minimum absolute atomic E-state index is 0.204. The van der Waals surface area contributed by atoms with Gasteiger partial charge in [-0.25, -0.2) is 14.8 Å². The van der Waals surface area contributed by atoms with Crippen LogP contribution in [0, 0.1) is 5.92 Å². The van der Waals surface area contributed by atoms with E-state index in [1.54, 1.807) is 35.1 Å². The highest BCUT2D eigenvalue weighted by molar-refractivity contribution is 7.99. The molecule has 0 radical (unpaired) electrons. The van der Waals surface area contributed by atoms with E-state index >= 15 is 0 Å². The number of H-pyrrole nitrogens is 1. The fourth-order valence-electron chi connectivity index (χ4n) is 4.75. The largest absolute Gasteiger partial charge is 0.416 e. The maximum Gasteiger partial charge on any atom is 0.416 e. The standard InChI is InChI=1S/C27H33N7O3S/c35-25(22-6-4-20(5-7-22)17-33-12-2-1-3-13-33)31-23-8-9-24(28-16-23)37-27(36)34-14-10-21(11-15-34)18-38-26-29-19-30-32-26/h4-9,16,19,21H,1-3,10-15,17-18H2,(H,31,35)(H,29,30,32). The van der Waals surface area contributed by atoms with E-state index in [-0.39, 0.29) is 11.8 Å². The lowest BCUT2D eigenvalue weighted by molar-refractivity contribution is 0.102. The second kappa shape index (κ2) is 12.9. The van der Waals surface area contributed by atoms with E-state index < -0.39 is 6.09 Å². The number of piperidine rings is 2. The van der Waals surface area contributed by atoms with Crippen molar-refractivity contribution in [3.8, 4) is 5.88 Å². The van der Waals surface area contributed by atoms with Gasteiger partial charge in [-0.1, -0.05) is 30.3 Å². The molecule has 38 heavy (non-hydrogen) atoms. The van der Waals surface area contributed by atoms with Crippen LogP contribution in [0.2, 0.25) is 0 Å². The number of anilines is 1. The molecule has 2 N–H and O–H groups in total. The smallest absolute Gasteiger partial charge is 0.391 e. The van der Waals surface area contributed by atoms with E-state index in [0.29, 0.717) is 30.3 Å². The molecule has 5 rings (SSSR count). The van der Waals surface area contributed by atoms with Crippen molar-refractivity contribution in [2.75, 3.05) is 37.2 Å². The molecule has 0 unspecified atom stereocenters. The van der Waals surface area contributed by atoms with Crippen LogP contribution in [0.1, 0.15) is 48.0 Å². The van der Waals surface area contributed by atoms with Gasteiger partial charge in [-0.05, 0) is 68.5 Å². The number of carbonyl (C=O) groups excluding carboxylic acids is 2. The normalized spacial score (nSPS) is 16.8. The number of nitrogens with one attached hydrogen (secondary N) is 2. The molecule has 10 nitrogen and oxygen atoms in total. The summed E-state index contributed by atoms with van der Waals surface area (Å²) in [4.78, 5) is 37.8. The maximum atomic E-state index is 12.7. The Balaban J connectivity index is 1.05. The van der Waals surface area contributed by atoms with Crippen LogP contribution in [0.3, 0.4) is 0 Å². The Morgan fingerprint density at radius 2 is 1.79 bits per heavy atom. The van der Waals surface area contributed by atoms with Gasteiger partial charge in [0, 0.05) is 37.0 Å². The summed E-state index contributed by atoms with van der Waals surface area (Å²) >= 11 is 1.63. The molecular formula is C27H33N7O3S. The molecule has 2 amide bonds. The predicted molar refractivity (Wildman–Crippen MR) is 145 cm³/mol. The summed E-state index contributed by atoms with van der Waals surface area (Å²) in [6.07, 6.45) is 8.32. The van der Waals surface area contributed by atoms with Crippen LogP contribution in [0.15, 0.2) is 54.1 Å². The summed E-state index contributed by atoms with van der Waals surface area (Å²) in [6, 6.07) is 11.0. The molecule has 1 aromatic carbocycles. The number of benzene rings is 1. The van der Waals surface area contributed by atoms with E-state index in [9.17, 15) is 9.59 Å². The number of hydrogen-bond acceptors (Lipinski definition) is 8. The van der Waals surface area contributed by atoms with Gasteiger partial charge in [0.2, 0.25) is 11.0 Å². The highest BCUT2D eigenvalue weighted by Crippen LogP contribution is 2.25. The molecule has 4 heterocycles. The Kier molecular flexibility index (Phi) is 8.87. The number of likely N-dealkylation sites (tertiary alicyclic amines) is 2. The molecule has 11 heteroatoms. The first-order chi connectivity index (χ1) is 18.6. The zero-order valence-corrected chi connectivity index (χ0v) is 22.2. The van der Waals surface area contributed by atoms with Crippen LogP contribution in [0.5, 0.6) is 5.88 Å². The van der Waals surface area contributed by atoms with Gasteiger partial charge in [-0.3, -0.25) is 14.8 Å². The lowest BCUT2D eigenvalue weighted by Crippen LogP contribution is -2.40. The molecule has 2 aliphatic heterocycles. The molecule has 0 bridgehead atoms. The van der Waals surface area contributed by atoms with Crippen LogP contribution in [-0.4, -0.2) is 73.9 Å². The summed E-state index contributed by atoms with van der Waals surface area (Å²) in [5, 5.41) is 10.4. The number of thioether (sulfide) groups is 1. The molecule has 2 fully saturated rings. The second-order valence-corrected chi connectivity index (χ2v) is 10.8. The zero-order valence-electron chi connectivity index (χ0n) is 21.3. The van der Waals surface area contributed by atoms with Crippen molar-refractivity contribution < 1.29 is 14.3 Å². The van der Waals surface area contributed by atoms with E-state index in [2.05, 4.69) is 30.4 Å². The summed E-state index contributed by atoms with van der Waals surface area (Å²) in [7, 11) is 0. The molecule has 0 saturated carbocycles. The fraction of sp³-hybridized carbons (Fsp3) is 0.444. The molecule has 2 aliphatic rings. The molecule has 2 saturated heterocycles. The number of carbonyl (C=O) groups is 2. The van der Waals surface area contributed by atoms with E-state index in [0.717, 1.165) is 43.4 Å². The Morgan fingerprint density at radius 3 is 2.47 bits per heavy atom. The second-order valence-electron chi connectivity index (χ2n) is 9.76. The summed E-state index contributed by atoms with van der Waals surface area (Å²) in [5.41, 5.74) is 2.34. The van der Waals surface area contributed by atoms with Crippen molar-refractivity contribution in [3.63, 3.8) is 0 Å². The average Bonchev–Trinajstić information content (AvgIpc) is 3.48. The van der Waals surface area contributed by atoms with Gasteiger partial charge in [-0.2, -0.15) is 0 Å². The van der Waals surface area contributed by atoms with Crippen molar-refractivity contribution in [1.29, 1.82) is 0 Å². The molecule has 2 aromatic heterocycles. The van der Waals surface area contributed by atoms with Crippen LogP contribution in [-0.2, 0) is 6.54 Å². The van der Waals surface area contributed by atoms with E-state index in [1.165, 1.54) is 31.0 Å². The van der Waals surface area contributed by atoms with Crippen LogP contribution in [0.25, 0.3) is 0 Å². The quantitative estimate of drug-likeness (QED) is 0.407. The first kappa shape index (κ1) is 26.2. The van der Waals surface area contributed by atoms with Crippen molar-refractivity contribution in [2.45, 2.75) is 43.8 Å². The van der Waals surface area contributed by atoms with Gasteiger partial charge < -0.3 is 15.0 Å². The Bertz CT molecular complexity index is 1170. The van der Waals surface area contributed by atoms with Crippen LogP contribution in [0.4, 0.5) is 10.5 Å². The fourth-order valence-corrected chi connectivity index (χ4v) is 5.71. The molecule has 200 valence electrons. The van der Waals surface area contributed by atoms with Gasteiger partial charge >= 0.3 is 6.09 Å². The maximum absolute atomic E-state index is 12.7. The minimum Gasteiger partial charge on any atom is -0.391 e. The molecular weight excluding hydrogens is 502 g/mol. The number of hydrogen-bond donors (Lipinski definition) is 2. The van der Waals surface area contributed by atoms with Crippen molar-refractivity contribution in [3.05, 3.63) is 60.0 Å². The first-order valence-electron chi connectivity index (χ1n) is 13.2. The summed E-state index contributed by atoms with van der Waals surface area (Å²) in [5.74, 6) is 1.44. The Morgan fingerprint density at radius 1 is 1.00 bits per heavy atom. The van der Waals surface area contributed by atoms with Gasteiger partial charge in [0.05, 0.1) is 11.9 Å². The Labute approximate surface area is 226 Å². The predicted octanol–water partition coefficient (Wildman–Crippen LogP) is 4.44. The summed E-state index contributed by atoms with van der Waals surface area (Å²) in [6.45, 7) is 4.49. The highest BCUT2D eigenvalue weighted by Gasteiger charge is 2.25. The SMILES string of the molecule is O=C(Nc1ccc(OC(=O)N2CCC(CSc3nc[nH]n3)CC2)nc1)c1ccc(CN2CCCCC2)cc1. The number of rotatable bonds is 8. The third kappa shape index (κ3) is 7.32. The lowest BCUT2D eigenvalue weighted by Gasteiger charge is -2.30. The van der Waals surface area contributed by atoms with Crippen molar-refractivity contribution in [2.24, 2.45) is 5.92 Å². The number of pyridine rings is 1. The molecule has 3 aromatic rings. The van der Waals surface area contributed by atoms with E-state index in [4.69, 9.17) is 4.74 Å². The minimum atomic E-state index is -0.404. The monoisotopic (exact) mass is 535 g/mol. The molecule has 0 spiro atoms. The third-order valence-corrected chi connectivity index (χ3v) is 8.06. The van der Waals surface area contributed by atoms with Crippen molar-refractivity contribution >= 4 is 29.4 Å². The lowest BCUT2D eigenvalue weighted by atomic mass is 9.99. The first-order valence-corrected chi connectivity index (χ1v) is 14.1. The topological polar surface area (TPSA) is 116 Å². The van der Waals surface area contributed by atoms with Gasteiger partial charge in [-0.15, -0.1) is 5.10 Å². The van der Waals surface area contributed by atoms with Gasteiger partial charge in [0.25, 0.3) is 5.91 Å². The molecule has 0 atom stereocenters. The number of aromatic nitrogens is 4. The third-order valence-electron chi connectivity index (χ3n) is 6.97. The average molecular weight is 536 g/mol. The number of amides is 2. The van der Waals surface area contributed by atoms with Gasteiger partial charge in [0.1, 0.15) is 6.33 Å². The number of aromatic amines is 1. The molecule has 0 aliphatic carbocycles. The summed E-state index contributed by atoms with van der Waals surface area (Å²) < 4.78 is 5.46. The van der Waals surface area contributed by atoms with E-state index in [1.807, 2.05) is 24.3 Å². The number of ether oxygens (including phenoxy) is 1. The van der Waals surface area contributed by atoms with Crippen molar-refractivity contribution in [1.82, 2.24) is 30.0 Å².